The van der Waals surface area contributed by atoms with E-state index >= 15 is 0 Å². The molecule has 190 valence electrons. The predicted molar refractivity (Wildman–Crippen MR) is 141 cm³/mol. The van der Waals surface area contributed by atoms with Gasteiger partial charge in [0.2, 0.25) is 5.91 Å². The van der Waals surface area contributed by atoms with Crippen molar-refractivity contribution < 1.29 is 4.79 Å². The van der Waals surface area contributed by atoms with Crippen molar-refractivity contribution in [2.45, 2.75) is 50.7 Å². The number of likely N-dealkylation sites (tertiary alicyclic amines) is 1. The molecule has 4 aromatic rings. The molecule has 3 fully saturated rings. The van der Waals surface area contributed by atoms with Crippen LogP contribution in [0.2, 0.25) is 0 Å². The number of carbonyl (C=O) groups is 1. The number of primary amides is 1. The number of aromatic nitrogens is 5. The first-order valence-electron chi connectivity index (χ1n) is 13.3. The Labute approximate surface area is 215 Å². The van der Waals surface area contributed by atoms with Crippen molar-refractivity contribution in [2.24, 2.45) is 11.1 Å². The summed E-state index contributed by atoms with van der Waals surface area (Å²) in [5.74, 6) is 0.798. The highest BCUT2D eigenvalue weighted by Gasteiger charge is 2.56. The molecule has 1 spiro atoms. The standard InChI is InChI=1S/C28H32N8O/c29-25(37)18-33-14-9-28(10-15-33)16-24(28)34-13-8-23-26(34)30-19-31-27(23)35(21-6-7-21)17-20-2-4-22(5-3-20)36-12-1-11-32-36/h1-5,8,11-13,19,21,24H,6-7,9-10,14-18H2,(H2,29,37). The summed E-state index contributed by atoms with van der Waals surface area (Å²) >= 11 is 0. The summed E-state index contributed by atoms with van der Waals surface area (Å²) in [6.45, 7) is 3.07. The topological polar surface area (TPSA) is 98.1 Å². The van der Waals surface area contributed by atoms with Crippen LogP contribution in [-0.4, -0.2) is 60.8 Å². The van der Waals surface area contributed by atoms with Crippen LogP contribution in [0.1, 0.15) is 43.7 Å². The molecular weight excluding hydrogens is 464 g/mol. The maximum Gasteiger partial charge on any atom is 0.231 e. The van der Waals surface area contributed by atoms with Crippen LogP contribution < -0.4 is 10.6 Å². The number of hydrogen-bond acceptors (Lipinski definition) is 6. The second-order valence-corrected chi connectivity index (χ2v) is 11.0. The minimum absolute atomic E-state index is 0.238. The average Bonchev–Trinajstić information content (AvgIpc) is 3.74. The van der Waals surface area contributed by atoms with E-state index in [2.05, 4.69) is 56.0 Å². The third kappa shape index (κ3) is 4.17. The summed E-state index contributed by atoms with van der Waals surface area (Å²) in [6.07, 6.45) is 13.5. The molecule has 3 aromatic heterocycles. The first-order valence-corrected chi connectivity index (χ1v) is 13.3. The Bertz CT molecular complexity index is 1410. The zero-order valence-electron chi connectivity index (χ0n) is 20.9. The molecule has 1 amide bonds. The number of benzene rings is 1. The fraction of sp³-hybridized carbons (Fsp3) is 0.429. The number of carbonyl (C=O) groups excluding carboxylic acids is 1. The van der Waals surface area contributed by atoms with Gasteiger partial charge in [-0.05, 0) is 80.4 Å². The normalized spacial score (nSPS) is 20.9. The van der Waals surface area contributed by atoms with Gasteiger partial charge in [0.05, 0.1) is 17.6 Å². The molecule has 2 saturated carbocycles. The number of fused-ring (bicyclic) bond motifs is 1. The quantitative estimate of drug-likeness (QED) is 0.402. The van der Waals surface area contributed by atoms with Gasteiger partial charge in [0, 0.05) is 37.2 Å². The average molecular weight is 497 g/mol. The van der Waals surface area contributed by atoms with Gasteiger partial charge < -0.3 is 15.2 Å². The highest BCUT2D eigenvalue weighted by atomic mass is 16.1. The van der Waals surface area contributed by atoms with E-state index in [1.165, 1.54) is 24.8 Å². The largest absolute Gasteiger partial charge is 0.369 e. The molecular formula is C28H32N8O. The molecule has 37 heavy (non-hydrogen) atoms. The molecule has 2 N–H and O–H groups in total. The first-order chi connectivity index (χ1) is 18.1. The summed E-state index contributed by atoms with van der Waals surface area (Å²) < 4.78 is 4.26. The minimum atomic E-state index is -0.238. The van der Waals surface area contributed by atoms with Crippen molar-refractivity contribution in [3.8, 4) is 5.69 Å². The second kappa shape index (κ2) is 8.69. The SMILES string of the molecule is NC(=O)CN1CCC2(CC1)CC2n1ccc2c(N(Cc3ccc(-n4cccn4)cc3)C3CC3)ncnc21. The fourth-order valence-electron chi connectivity index (χ4n) is 6.21. The third-order valence-electron chi connectivity index (χ3n) is 8.52. The summed E-state index contributed by atoms with van der Waals surface area (Å²) in [5.41, 5.74) is 9.08. The predicted octanol–water partition coefficient (Wildman–Crippen LogP) is 3.30. The summed E-state index contributed by atoms with van der Waals surface area (Å²) in [6, 6.07) is 13.8. The summed E-state index contributed by atoms with van der Waals surface area (Å²) in [4.78, 5) is 25.5. The van der Waals surface area contributed by atoms with Crippen molar-refractivity contribution in [3.05, 3.63) is 66.9 Å². The van der Waals surface area contributed by atoms with Gasteiger partial charge >= 0.3 is 0 Å². The Morgan fingerprint density at radius 1 is 1.08 bits per heavy atom. The van der Waals surface area contributed by atoms with Crippen LogP contribution in [0.15, 0.2) is 61.3 Å². The molecule has 7 rings (SSSR count). The summed E-state index contributed by atoms with van der Waals surface area (Å²) in [7, 11) is 0. The van der Waals surface area contributed by atoms with Crippen LogP contribution in [-0.2, 0) is 11.3 Å². The molecule has 0 bridgehead atoms. The number of anilines is 1. The molecule has 3 aliphatic rings. The molecule has 1 unspecified atom stereocenters. The third-order valence-corrected chi connectivity index (χ3v) is 8.52. The highest BCUT2D eigenvalue weighted by Crippen LogP contribution is 2.63. The van der Waals surface area contributed by atoms with Gasteiger partial charge in [-0.3, -0.25) is 9.69 Å². The van der Waals surface area contributed by atoms with Gasteiger partial charge in [0.25, 0.3) is 0 Å². The maximum absolute atomic E-state index is 11.3. The van der Waals surface area contributed by atoms with Gasteiger partial charge in [-0.1, -0.05) is 12.1 Å². The van der Waals surface area contributed by atoms with E-state index in [1.54, 1.807) is 12.5 Å². The number of nitrogens with two attached hydrogens (primary N) is 1. The van der Waals surface area contributed by atoms with E-state index in [0.717, 1.165) is 55.0 Å². The first kappa shape index (κ1) is 22.5. The van der Waals surface area contributed by atoms with Crippen LogP contribution in [0.4, 0.5) is 5.82 Å². The molecule has 4 heterocycles. The monoisotopic (exact) mass is 496 g/mol. The lowest BCUT2D eigenvalue weighted by molar-refractivity contribution is -0.119. The van der Waals surface area contributed by atoms with Crippen LogP contribution in [0, 0.1) is 5.41 Å². The molecule has 1 aromatic carbocycles. The number of piperidine rings is 1. The lowest BCUT2D eigenvalue weighted by atomic mass is 9.92. The van der Waals surface area contributed by atoms with E-state index in [0.29, 0.717) is 24.0 Å². The molecule has 9 heteroatoms. The van der Waals surface area contributed by atoms with Crippen LogP contribution in [0.5, 0.6) is 0 Å². The van der Waals surface area contributed by atoms with Crippen LogP contribution >= 0.6 is 0 Å². The van der Waals surface area contributed by atoms with E-state index in [1.807, 2.05) is 16.9 Å². The number of rotatable bonds is 8. The van der Waals surface area contributed by atoms with Crippen molar-refractivity contribution in [3.63, 3.8) is 0 Å². The minimum Gasteiger partial charge on any atom is -0.369 e. The lowest BCUT2D eigenvalue weighted by Crippen LogP contribution is -2.40. The van der Waals surface area contributed by atoms with Crippen LogP contribution in [0.3, 0.4) is 0 Å². The van der Waals surface area contributed by atoms with Gasteiger partial charge in [-0.15, -0.1) is 0 Å². The molecule has 9 nitrogen and oxygen atoms in total. The highest BCUT2D eigenvalue weighted by molar-refractivity contribution is 5.88. The molecule has 1 atom stereocenters. The number of amides is 1. The Hall–Kier alpha value is -3.72. The molecule has 1 aliphatic heterocycles. The van der Waals surface area contributed by atoms with Gasteiger partial charge in [0.1, 0.15) is 17.8 Å². The van der Waals surface area contributed by atoms with Gasteiger partial charge in [-0.25, -0.2) is 14.6 Å². The van der Waals surface area contributed by atoms with E-state index in [4.69, 9.17) is 15.7 Å². The van der Waals surface area contributed by atoms with E-state index in [9.17, 15) is 4.79 Å². The Balaban J connectivity index is 1.12. The Morgan fingerprint density at radius 2 is 1.89 bits per heavy atom. The fourth-order valence-corrected chi connectivity index (χ4v) is 6.21. The maximum atomic E-state index is 11.3. The van der Waals surface area contributed by atoms with Crippen molar-refractivity contribution in [2.75, 3.05) is 24.5 Å². The molecule has 2 aliphatic carbocycles. The zero-order valence-corrected chi connectivity index (χ0v) is 20.9. The van der Waals surface area contributed by atoms with Gasteiger partial charge in [0.15, 0.2) is 0 Å². The molecule has 0 radical (unpaired) electrons. The summed E-state index contributed by atoms with van der Waals surface area (Å²) in [5, 5.41) is 5.47. The zero-order chi connectivity index (χ0) is 25.0. The second-order valence-electron chi connectivity index (χ2n) is 11.0. The molecule has 1 saturated heterocycles. The van der Waals surface area contributed by atoms with Crippen molar-refractivity contribution in [1.29, 1.82) is 0 Å². The van der Waals surface area contributed by atoms with Gasteiger partial charge in [-0.2, -0.15) is 5.10 Å². The van der Waals surface area contributed by atoms with E-state index in [-0.39, 0.29) is 5.91 Å². The number of hydrogen-bond donors (Lipinski definition) is 1. The smallest absolute Gasteiger partial charge is 0.231 e. The Morgan fingerprint density at radius 3 is 2.59 bits per heavy atom. The number of nitrogens with zero attached hydrogens (tertiary/aromatic N) is 7. The van der Waals surface area contributed by atoms with Crippen molar-refractivity contribution >= 4 is 22.8 Å². The van der Waals surface area contributed by atoms with Crippen LogP contribution in [0.25, 0.3) is 16.7 Å². The lowest BCUT2D eigenvalue weighted by Gasteiger charge is -2.32. The Kier molecular flexibility index (Phi) is 5.28. The van der Waals surface area contributed by atoms with Crippen molar-refractivity contribution in [1.82, 2.24) is 29.2 Å². The van der Waals surface area contributed by atoms with E-state index < -0.39 is 0 Å².